The number of fused-ring (bicyclic) bond motifs is 2. The van der Waals surface area contributed by atoms with Crippen LogP contribution in [0.4, 0.5) is 26.3 Å². The van der Waals surface area contributed by atoms with Crippen molar-refractivity contribution in [3.05, 3.63) is 187 Å². The van der Waals surface area contributed by atoms with Crippen molar-refractivity contribution in [2.24, 2.45) is 0 Å². The molecule has 4 aromatic heterocycles. The van der Waals surface area contributed by atoms with Crippen LogP contribution in [0.1, 0.15) is 157 Å². The number of thiophene rings is 2. The molecule has 4 heterocycles. The number of carboxylic acids is 2. The Kier molecular flexibility index (Phi) is 19.3. The Hall–Kier alpha value is -7.22. The van der Waals surface area contributed by atoms with Crippen molar-refractivity contribution in [1.82, 2.24) is 19.8 Å². The number of alkyl halides is 6. The summed E-state index contributed by atoms with van der Waals surface area (Å²) >= 11 is 2.99. The van der Waals surface area contributed by atoms with Gasteiger partial charge in [0.2, 0.25) is 0 Å². The number of aromatic carboxylic acids is 2. The highest BCUT2D eigenvalue weighted by Gasteiger charge is 2.47. The van der Waals surface area contributed by atoms with Gasteiger partial charge in [0.1, 0.15) is 0 Å². The minimum atomic E-state index is -4.39. The van der Waals surface area contributed by atoms with Gasteiger partial charge in [-0.2, -0.15) is 26.3 Å². The second-order valence-electron chi connectivity index (χ2n) is 20.0. The number of hydrogen-bond donors (Lipinski definition) is 4. The molecule has 8 aromatic rings. The zero-order valence-corrected chi connectivity index (χ0v) is 47.0. The lowest BCUT2D eigenvalue weighted by molar-refractivity contribution is -0.648. The summed E-state index contributed by atoms with van der Waals surface area (Å²) in [7, 11) is 0. The standard InChI is InChI=1S/2C26H21F3N2O3S.C5H12.C4H11N/c2*1-15-21(23(32)30-25(11-12-25)18-8-4-17(5-9-18)24(33)34)22-20(35-15)10-13-31(22)14-16-2-6-19(7-3-16)26(27,28)29;2*1-3-5-4-2/h2*2-10,13H,11-12,14H2,1H3,(H,30,32)(H,33,34);3-5H2,1-2H3;5H,3-4H2,1-2H3. The molecule has 2 aliphatic rings. The largest absolute Gasteiger partial charge is 0.545 e. The molecule has 0 unspecified atom stereocenters. The molecule has 2 amide bonds. The van der Waals surface area contributed by atoms with E-state index in [1.54, 1.807) is 24.3 Å². The fraction of sp³-hybridized carbons (Fsp3) is 0.344. The van der Waals surface area contributed by atoms with Crippen LogP contribution in [0, 0.1) is 13.8 Å². The highest BCUT2D eigenvalue weighted by Crippen LogP contribution is 2.48. The number of halogens is 6. The fourth-order valence-corrected chi connectivity index (χ4v) is 11.6. The quantitative estimate of drug-likeness (QED) is 0.0704. The maximum atomic E-state index is 13.5. The molecule has 0 radical (unpaired) electrons. The van der Waals surface area contributed by atoms with Crippen LogP contribution in [0.15, 0.2) is 122 Å². The molecule has 0 spiro atoms. The van der Waals surface area contributed by atoms with E-state index in [1.807, 2.05) is 47.5 Å². The molecule has 2 saturated carbocycles. The SMILES string of the molecule is CCCCC.CC[NH2+]CC.Cc1sc2ccn(Cc3ccc(C(F)(F)F)cc3)c2c1C(=O)NC1(c2ccc(C(=O)O)cc2)CC1.Cc1sc2ccn(Cc3ccc(C(F)(F)F)cc3)c2c1C(=O)NC1(c2ccc(C(=O)[O-])cc2)CC1. The Morgan fingerprint density at radius 2 is 0.938 bits per heavy atom. The number of carbonyl (C=O) groups excluding carboxylic acids is 3. The van der Waals surface area contributed by atoms with Crippen LogP contribution >= 0.6 is 22.7 Å². The Morgan fingerprint density at radius 1 is 0.575 bits per heavy atom. The zero-order chi connectivity index (χ0) is 58.2. The van der Waals surface area contributed by atoms with Crippen LogP contribution in [-0.4, -0.2) is 51.1 Å². The van der Waals surface area contributed by atoms with Gasteiger partial charge in [0.05, 0.1) is 78.4 Å². The predicted octanol–water partition coefficient (Wildman–Crippen LogP) is 12.8. The van der Waals surface area contributed by atoms with Crippen molar-refractivity contribution in [3.63, 3.8) is 0 Å². The van der Waals surface area contributed by atoms with Crippen molar-refractivity contribution in [1.29, 1.82) is 0 Å². The normalized spacial score (nSPS) is 13.9. The van der Waals surface area contributed by atoms with Crippen molar-refractivity contribution in [2.45, 2.75) is 123 Å². The molecule has 0 bridgehead atoms. The van der Waals surface area contributed by atoms with E-state index in [0.717, 1.165) is 91.3 Å². The van der Waals surface area contributed by atoms with E-state index in [1.165, 1.54) is 104 Å². The lowest BCUT2D eigenvalue weighted by atomic mass is 10.0. The van der Waals surface area contributed by atoms with Gasteiger partial charge in [0, 0.05) is 35.2 Å². The number of aryl methyl sites for hydroxylation is 2. The number of hydrogen-bond acceptors (Lipinski definition) is 7. The summed E-state index contributed by atoms with van der Waals surface area (Å²) in [4.78, 5) is 50.8. The summed E-state index contributed by atoms with van der Waals surface area (Å²) < 4.78 is 83.0. The molecule has 19 heteroatoms. The van der Waals surface area contributed by atoms with Gasteiger partial charge in [-0.15, -0.1) is 22.7 Å². The summed E-state index contributed by atoms with van der Waals surface area (Å²) in [6.07, 6.45) is 1.96. The minimum absolute atomic E-state index is 0.0763. The molecule has 2 fully saturated rings. The van der Waals surface area contributed by atoms with Gasteiger partial charge in [0.15, 0.2) is 0 Å². The Morgan fingerprint density at radius 3 is 1.21 bits per heavy atom. The molecule has 80 heavy (non-hydrogen) atoms. The molecular formula is C61H65F6N5O6S2. The van der Waals surface area contributed by atoms with Crippen LogP contribution in [0.2, 0.25) is 0 Å². The first-order valence-electron chi connectivity index (χ1n) is 26.6. The van der Waals surface area contributed by atoms with Gasteiger partial charge in [-0.1, -0.05) is 93.8 Å². The molecule has 2 aliphatic carbocycles. The smallest absolute Gasteiger partial charge is 0.416 e. The fourth-order valence-electron chi connectivity index (χ4n) is 9.44. The van der Waals surface area contributed by atoms with Crippen LogP contribution in [-0.2, 0) is 36.5 Å². The van der Waals surface area contributed by atoms with Gasteiger partial charge < -0.3 is 40.1 Å². The first kappa shape index (κ1) is 60.4. The third-order valence-electron chi connectivity index (χ3n) is 14.1. The number of nitrogens with one attached hydrogen (secondary N) is 2. The van der Waals surface area contributed by atoms with Gasteiger partial charge >= 0.3 is 18.3 Å². The molecule has 0 atom stereocenters. The molecule has 0 saturated heterocycles. The van der Waals surface area contributed by atoms with E-state index < -0.39 is 46.5 Å². The van der Waals surface area contributed by atoms with Crippen molar-refractivity contribution in [3.8, 4) is 0 Å². The van der Waals surface area contributed by atoms with E-state index in [9.17, 15) is 50.6 Å². The second-order valence-corrected chi connectivity index (χ2v) is 22.6. The predicted molar refractivity (Wildman–Crippen MR) is 299 cm³/mol. The van der Waals surface area contributed by atoms with Crippen LogP contribution < -0.4 is 21.1 Å². The van der Waals surface area contributed by atoms with Crippen LogP contribution in [0.3, 0.4) is 0 Å². The number of unbranched alkanes of at least 4 members (excludes halogenated alkanes) is 2. The first-order chi connectivity index (χ1) is 38.0. The Bertz CT molecular complexity index is 3190. The van der Waals surface area contributed by atoms with E-state index in [4.69, 9.17) is 5.11 Å². The first-order valence-corrected chi connectivity index (χ1v) is 28.2. The average Bonchev–Trinajstić information content (AvgIpc) is 4.32. The maximum absolute atomic E-state index is 13.5. The van der Waals surface area contributed by atoms with Crippen molar-refractivity contribution < 1.29 is 61.1 Å². The number of nitrogens with two attached hydrogens (primary N) is 1. The van der Waals surface area contributed by atoms with Gasteiger partial charge in [-0.05, 0) is 130 Å². The van der Waals surface area contributed by atoms with Gasteiger partial charge in [-0.3, -0.25) is 9.59 Å². The molecule has 11 nitrogen and oxygen atoms in total. The number of benzene rings is 4. The minimum Gasteiger partial charge on any atom is -0.545 e. The van der Waals surface area contributed by atoms with E-state index in [2.05, 4.69) is 43.6 Å². The van der Waals surface area contributed by atoms with E-state index in [0.29, 0.717) is 35.3 Å². The zero-order valence-electron chi connectivity index (χ0n) is 45.4. The number of rotatable bonds is 16. The molecule has 5 N–H and O–H groups in total. The topological polar surface area (TPSA) is 162 Å². The average molecular weight is 1140 g/mol. The Labute approximate surface area is 468 Å². The Balaban J connectivity index is 0.000000198. The summed E-state index contributed by atoms with van der Waals surface area (Å²) in [5, 5.41) is 28.7. The summed E-state index contributed by atoms with van der Waals surface area (Å²) in [6.45, 7) is 15.6. The van der Waals surface area contributed by atoms with Crippen molar-refractivity contribution >= 4 is 66.9 Å². The lowest BCUT2D eigenvalue weighted by Crippen LogP contribution is -2.82. The second kappa shape index (κ2) is 25.5. The highest BCUT2D eigenvalue weighted by molar-refractivity contribution is 7.19. The van der Waals surface area contributed by atoms with Gasteiger partial charge in [-0.25, -0.2) is 4.79 Å². The number of nitrogens with zero attached hydrogens (tertiary/aromatic N) is 2. The molecular weight excluding hydrogens is 1080 g/mol. The van der Waals surface area contributed by atoms with Gasteiger partial charge in [0.25, 0.3) is 11.8 Å². The monoisotopic (exact) mass is 1140 g/mol. The molecule has 10 rings (SSSR count). The number of carbonyl (C=O) groups is 4. The molecule has 4 aromatic carbocycles. The molecule has 0 aliphatic heterocycles. The van der Waals surface area contributed by atoms with E-state index in [-0.39, 0.29) is 22.9 Å². The number of carboxylic acid groups (broad SMARTS) is 2. The summed E-state index contributed by atoms with van der Waals surface area (Å²) in [5.74, 6) is -2.71. The highest BCUT2D eigenvalue weighted by atomic mass is 32.1. The number of aromatic nitrogens is 2. The van der Waals surface area contributed by atoms with E-state index >= 15 is 0 Å². The number of quaternary nitrogens is 1. The van der Waals surface area contributed by atoms with Crippen LogP contribution in [0.5, 0.6) is 0 Å². The molecule has 424 valence electrons. The summed E-state index contributed by atoms with van der Waals surface area (Å²) in [5.41, 5.74) is 3.46. The maximum Gasteiger partial charge on any atom is 0.416 e. The lowest BCUT2D eigenvalue weighted by Gasteiger charge is -2.19. The van der Waals surface area contributed by atoms with Crippen LogP contribution in [0.25, 0.3) is 20.4 Å². The third kappa shape index (κ3) is 14.4. The third-order valence-corrected chi connectivity index (χ3v) is 16.2. The van der Waals surface area contributed by atoms with Crippen molar-refractivity contribution in [2.75, 3.05) is 13.1 Å². The summed E-state index contributed by atoms with van der Waals surface area (Å²) in [6, 6.07) is 26.7. The number of amides is 2.